The van der Waals surface area contributed by atoms with E-state index in [0.29, 0.717) is 0 Å². The highest BCUT2D eigenvalue weighted by Crippen LogP contribution is 2.29. The Kier molecular flexibility index (Phi) is 3.79. The minimum absolute atomic E-state index is 0.272. The summed E-state index contributed by atoms with van der Waals surface area (Å²) in [5, 5.41) is 0. The van der Waals surface area contributed by atoms with Gasteiger partial charge in [0.2, 0.25) is 0 Å². The normalized spacial score (nSPS) is 10.4. The molecule has 0 unspecified atom stereocenters. The van der Waals surface area contributed by atoms with Crippen LogP contribution in [0.5, 0.6) is 11.5 Å². The summed E-state index contributed by atoms with van der Waals surface area (Å²) in [5.74, 6) is 1.86. The van der Waals surface area contributed by atoms with E-state index in [4.69, 9.17) is 9.31 Å². The van der Waals surface area contributed by atoms with Crippen molar-refractivity contribution in [2.45, 2.75) is 27.7 Å². The Hall–Kier alpha value is -0.935. The molecular formula is C12H15BO2S2. The van der Waals surface area contributed by atoms with E-state index in [9.17, 15) is 0 Å². The Labute approximate surface area is 111 Å². The van der Waals surface area contributed by atoms with Gasteiger partial charge in [-0.05, 0) is 39.8 Å². The maximum atomic E-state index is 5.62. The number of hydrogen-bond acceptors (Lipinski definition) is 4. The van der Waals surface area contributed by atoms with E-state index in [-0.39, 0.29) is 7.69 Å². The predicted molar refractivity (Wildman–Crippen MR) is 76.0 cm³/mol. The van der Waals surface area contributed by atoms with Crippen LogP contribution in [-0.2, 0) is 0 Å². The maximum absolute atomic E-state index is 5.62. The number of hydrogen-bond donors (Lipinski definition) is 0. The summed E-state index contributed by atoms with van der Waals surface area (Å²) >= 11 is 3.49. The van der Waals surface area contributed by atoms with Gasteiger partial charge >= 0.3 is 7.69 Å². The first kappa shape index (κ1) is 12.5. The second-order valence-electron chi connectivity index (χ2n) is 3.96. The smallest absolute Gasteiger partial charge is 0.528 e. The fraction of sp³-hybridized carbons (Fsp3) is 0.333. The average molecular weight is 266 g/mol. The van der Waals surface area contributed by atoms with Gasteiger partial charge in [0.05, 0.1) is 0 Å². The quantitative estimate of drug-likeness (QED) is 0.784. The molecule has 2 rings (SSSR count). The molecular weight excluding hydrogens is 251 g/mol. The Morgan fingerprint density at radius 3 is 1.53 bits per heavy atom. The molecule has 0 saturated heterocycles. The van der Waals surface area contributed by atoms with Crippen LogP contribution in [0.3, 0.4) is 0 Å². The Bertz CT molecular complexity index is 470. The van der Waals surface area contributed by atoms with E-state index in [1.807, 2.05) is 0 Å². The molecule has 0 N–H and O–H groups in total. The highest BCUT2D eigenvalue weighted by molar-refractivity contribution is 7.12. The highest BCUT2D eigenvalue weighted by atomic mass is 32.1. The van der Waals surface area contributed by atoms with Crippen LogP contribution in [0.25, 0.3) is 0 Å². The topological polar surface area (TPSA) is 18.5 Å². The van der Waals surface area contributed by atoms with E-state index >= 15 is 0 Å². The second kappa shape index (κ2) is 5.15. The van der Waals surface area contributed by atoms with Crippen LogP contribution in [0, 0.1) is 27.7 Å². The number of aryl methyl sites for hydroxylation is 4. The van der Waals surface area contributed by atoms with Crippen molar-refractivity contribution in [3.05, 3.63) is 31.6 Å². The van der Waals surface area contributed by atoms with Gasteiger partial charge in [-0.2, -0.15) is 0 Å². The molecule has 2 heterocycles. The van der Waals surface area contributed by atoms with Crippen molar-refractivity contribution >= 4 is 30.4 Å². The van der Waals surface area contributed by atoms with Crippen molar-refractivity contribution in [2.24, 2.45) is 0 Å². The molecule has 0 fully saturated rings. The molecule has 17 heavy (non-hydrogen) atoms. The molecule has 0 aliphatic heterocycles. The molecule has 0 bridgehead atoms. The minimum Gasteiger partial charge on any atom is -0.528 e. The molecule has 2 nitrogen and oxygen atoms in total. The van der Waals surface area contributed by atoms with E-state index < -0.39 is 0 Å². The van der Waals surface area contributed by atoms with Gasteiger partial charge in [-0.15, -0.1) is 22.7 Å². The zero-order chi connectivity index (χ0) is 12.4. The SMILES string of the molecule is Cc1cc(OBOc2cc(C)sc2C)c(C)s1. The van der Waals surface area contributed by atoms with Gasteiger partial charge in [0, 0.05) is 19.5 Å². The summed E-state index contributed by atoms with van der Waals surface area (Å²) in [6.07, 6.45) is 0. The lowest BCUT2D eigenvalue weighted by molar-refractivity contribution is 0.458. The summed E-state index contributed by atoms with van der Waals surface area (Å²) in [6, 6.07) is 4.10. The second-order valence-corrected chi connectivity index (χ2v) is 6.88. The standard InChI is InChI=1S/C12H15BO2S2/c1-7-5-11(9(3)16-7)14-13-15-12-6-8(2)17-10(12)4/h5-6,13H,1-4H3. The van der Waals surface area contributed by atoms with Gasteiger partial charge in [-0.25, -0.2) is 0 Å². The van der Waals surface area contributed by atoms with Crippen molar-refractivity contribution in [1.29, 1.82) is 0 Å². The molecule has 0 saturated carbocycles. The third-order valence-corrected chi connectivity index (χ3v) is 4.31. The molecule has 0 aliphatic carbocycles. The summed E-state index contributed by atoms with van der Waals surface area (Å²) in [4.78, 5) is 4.92. The van der Waals surface area contributed by atoms with Gasteiger partial charge in [0.25, 0.3) is 0 Å². The molecule has 0 spiro atoms. The molecule has 5 heteroatoms. The predicted octanol–water partition coefficient (Wildman–Crippen LogP) is 3.77. The zero-order valence-corrected chi connectivity index (χ0v) is 12.1. The molecule has 0 radical (unpaired) electrons. The lowest BCUT2D eigenvalue weighted by atomic mass is 10.3. The van der Waals surface area contributed by atoms with Crippen LogP contribution in [-0.4, -0.2) is 7.69 Å². The van der Waals surface area contributed by atoms with Gasteiger partial charge in [-0.3, -0.25) is 0 Å². The van der Waals surface area contributed by atoms with Gasteiger partial charge in [-0.1, -0.05) is 0 Å². The Morgan fingerprint density at radius 1 is 0.824 bits per heavy atom. The zero-order valence-electron chi connectivity index (χ0n) is 10.5. The van der Waals surface area contributed by atoms with E-state index in [1.165, 1.54) is 19.5 Å². The molecule has 2 aromatic rings. The molecule has 0 aliphatic rings. The third-order valence-electron chi connectivity index (χ3n) is 2.42. The average Bonchev–Trinajstić information content (AvgIpc) is 2.71. The third kappa shape index (κ3) is 3.04. The van der Waals surface area contributed by atoms with E-state index in [2.05, 4.69) is 39.8 Å². The van der Waals surface area contributed by atoms with Crippen molar-refractivity contribution in [3.8, 4) is 11.5 Å². The number of thiophene rings is 2. The van der Waals surface area contributed by atoms with Crippen LogP contribution in [0.1, 0.15) is 19.5 Å². The fourth-order valence-corrected chi connectivity index (χ4v) is 3.39. The molecule has 2 aromatic heterocycles. The fourth-order valence-electron chi connectivity index (χ4n) is 1.66. The van der Waals surface area contributed by atoms with Crippen LogP contribution >= 0.6 is 22.7 Å². The van der Waals surface area contributed by atoms with Crippen LogP contribution in [0.2, 0.25) is 0 Å². The Balaban J connectivity index is 1.92. The molecule has 0 amide bonds. The lowest BCUT2D eigenvalue weighted by Crippen LogP contribution is -2.10. The van der Waals surface area contributed by atoms with Crippen molar-refractivity contribution in [1.82, 2.24) is 0 Å². The first-order valence-electron chi connectivity index (χ1n) is 5.46. The van der Waals surface area contributed by atoms with Crippen LogP contribution in [0.4, 0.5) is 0 Å². The summed E-state index contributed by atoms with van der Waals surface area (Å²) < 4.78 is 11.2. The molecule has 0 aromatic carbocycles. The van der Waals surface area contributed by atoms with Gasteiger partial charge in [0.1, 0.15) is 11.5 Å². The first-order chi connectivity index (χ1) is 8.06. The summed E-state index contributed by atoms with van der Waals surface area (Å²) in [6.45, 7) is 8.29. The summed E-state index contributed by atoms with van der Waals surface area (Å²) in [5.41, 5.74) is 0. The monoisotopic (exact) mass is 266 g/mol. The van der Waals surface area contributed by atoms with Gasteiger partial charge in [0.15, 0.2) is 0 Å². The van der Waals surface area contributed by atoms with E-state index in [1.54, 1.807) is 22.7 Å². The highest BCUT2D eigenvalue weighted by Gasteiger charge is 2.08. The van der Waals surface area contributed by atoms with Crippen molar-refractivity contribution in [3.63, 3.8) is 0 Å². The van der Waals surface area contributed by atoms with Crippen LogP contribution in [0.15, 0.2) is 12.1 Å². The minimum atomic E-state index is 0.272. The van der Waals surface area contributed by atoms with Crippen molar-refractivity contribution in [2.75, 3.05) is 0 Å². The van der Waals surface area contributed by atoms with Crippen molar-refractivity contribution < 1.29 is 9.31 Å². The van der Waals surface area contributed by atoms with Gasteiger partial charge < -0.3 is 9.31 Å². The first-order valence-corrected chi connectivity index (χ1v) is 7.09. The largest absolute Gasteiger partial charge is 0.576 e. The van der Waals surface area contributed by atoms with E-state index in [0.717, 1.165) is 11.5 Å². The molecule has 0 atom stereocenters. The summed E-state index contributed by atoms with van der Waals surface area (Å²) in [7, 11) is 0.272. The maximum Gasteiger partial charge on any atom is 0.576 e. The van der Waals surface area contributed by atoms with Crippen LogP contribution < -0.4 is 9.31 Å². The Morgan fingerprint density at radius 2 is 1.24 bits per heavy atom. The lowest BCUT2D eigenvalue weighted by Gasteiger charge is -2.05. The molecule has 90 valence electrons. The number of rotatable bonds is 4.